The van der Waals surface area contributed by atoms with Crippen LogP contribution < -0.4 is 5.14 Å². The average Bonchev–Trinajstić information content (AvgIpc) is 2.70. The zero-order valence-corrected chi connectivity index (χ0v) is 10.9. The number of thiophene rings is 1. The number of carbonyl (C=O) groups is 1. The van der Waals surface area contributed by atoms with Crippen molar-refractivity contribution in [2.75, 3.05) is 0 Å². The minimum absolute atomic E-state index is 0.00856. The van der Waals surface area contributed by atoms with Gasteiger partial charge in [-0.05, 0) is 25.3 Å². The molecule has 2 N–H and O–H groups in total. The fourth-order valence-corrected chi connectivity index (χ4v) is 3.28. The third-order valence-corrected chi connectivity index (χ3v) is 4.80. The SMILES string of the molecule is CC1(C)OC(c2ccsc2S(N)(=O)=O)=CC1=O. The zero-order valence-electron chi connectivity index (χ0n) is 9.26. The standard InChI is InChI=1S/C10H11NO4S2/c1-10(2)8(12)5-7(15-10)6-3-4-16-9(6)17(11,13)14/h3-5H,1-2H3,(H2,11,13,14). The summed E-state index contributed by atoms with van der Waals surface area (Å²) in [6, 6.07) is 1.57. The highest BCUT2D eigenvalue weighted by Gasteiger charge is 2.37. The van der Waals surface area contributed by atoms with Gasteiger partial charge < -0.3 is 4.74 Å². The van der Waals surface area contributed by atoms with Gasteiger partial charge in [-0.25, -0.2) is 13.6 Å². The van der Waals surface area contributed by atoms with Gasteiger partial charge in [-0.2, -0.15) is 0 Å². The first-order valence-corrected chi connectivity index (χ1v) is 7.20. The van der Waals surface area contributed by atoms with E-state index in [0.29, 0.717) is 5.56 Å². The number of primary sulfonamides is 1. The van der Waals surface area contributed by atoms with Gasteiger partial charge in [0, 0.05) is 11.6 Å². The molecule has 1 aromatic heterocycles. The van der Waals surface area contributed by atoms with Crippen LogP contribution in [0.5, 0.6) is 0 Å². The molecule has 0 bridgehead atoms. The Bertz CT molecular complexity index is 610. The van der Waals surface area contributed by atoms with Crippen molar-refractivity contribution < 1.29 is 17.9 Å². The molecule has 2 heterocycles. The van der Waals surface area contributed by atoms with Crippen LogP contribution in [0, 0.1) is 0 Å². The zero-order chi connectivity index (χ0) is 12.8. The molecule has 0 amide bonds. The van der Waals surface area contributed by atoms with Crippen molar-refractivity contribution in [3.8, 4) is 0 Å². The molecule has 0 saturated heterocycles. The summed E-state index contributed by atoms with van der Waals surface area (Å²) in [6.45, 7) is 3.25. The Morgan fingerprint density at radius 2 is 2.06 bits per heavy atom. The summed E-state index contributed by atoms with van der Waals surface area (Å²) in [5, 5.41) is 6.68. The molecule has 1 aliphatic heterocycles. The van der Waals surface area contributed by atoms with Crippen molar-refractivity contribution in [2.24, 2.45) is 5.14 Å². The largest absolute Gasteiger partial charge is 0.479 e. The minimum Gasteiger partial charge on any atom is -0.479 e. The lowest BCUT2D eigenvalue weighted by Crippen LogP contribution is -2.27. The van der Waals surface area contributed by atoms with E-state index in [1.54, 1.807) is 25.3 Å². The first kappa shape index (κ1) is 12.3. The predicted molar refractivity (Wildman–Crippen MR) is 63.8 cm³/mol. The van der Waals surface area contributed by atoms with Crippen molar-refractivity contribution in [3.05, 3.63) is 23.1 Å². The number of ketones is 1. The number of rotatable bonds is 2. The van der Waals surface area contributed by atoms with Gasteiger partial charge in [0.15, 0.2) is 5.60 Å². The number of carbonyl (C=O) groups excluding carboxylic acids is 1. The molecule has 7 heteroatoms. The molecule has 0 saturated carbocycles. The number of hydrogen-bond donors (Lipinski definition) is 1. The molecule has 0 unspecified atom stereocenters. The molecular weight excluding hydrogens is 262 g/mol. The van der Waals surface area contributed by atoms with Gasteiger partial charge in [0.1, 0.15) is 9.97 Å². The molecule has 0 atom stereocenters. The van der Waals surface area contributed by atoms with E-state index in [-0.39, 0.29) is 15.8 Å². The Hall–Kier alpha value is -1.18. The Kier molecular flexibility index (Phi) is 2.64. The summed E-state index contributed by atoms with van der Waals surface area (Å²) >= 11 is 1.000. The van der Waals surface area contributed by atoms with Crippen LogP contribution >= 0.6 is 11.3 Å². The van der Waals surface area contributed by atoms with E-state index >= 15 is 0 Å². The van der Waals surface area contributed by atoms with Crippen LogP contribution in [-0.4, -0.2) is 19.8 Å². The molecule has 0 fully saturated rings. The second-order valence-corrected chi connectivity index (χ2v) is 6.82. The Balaban J connectivity index is 2.49. The van der Waals surface area contributed by atoms with E-state index in [4.69, 9.17) is 9.88 Å². The maximum absolute atomic E-state index is 11.6. The van der Waals surface area contributed by atoms with Gasteiger partial charge in [0.05, 0.1) is 0 Å². The average molecular weight is 273 g/mol. The topological polar surface area (TPSA) is 86.5 Å². The van der Waals surface area contributed by atoms with Crippen molar-refractivity contribution in [1.82, 2.24) is 0 Å². The van der Waals surface area contributed by atoms with E-state index in [9.17, 15) is 13.2 Å². The van der Waals surface area contributed by atoms with Gasteiger partial charge in [-0.1, -0.05) is 0 Å². The van der Waals surface area contributed by atoms with E-state index < -0.39 is 15.6 Å². The molecule has 0 radical (unpaired) electrons. The molecule has 1 aromatic rings. The molecule has 17 heavy (non-hydrogen) atoms. The van der Waals surface area contributed by atoms with Crippen LogP contribution in [0.2, 0.25) is 0 Å². The highest BCUT2D eigenvalue weighted by Crippen LogP contribution is 2.35. The van der Waals surface area contributed by atoms with Crippen LogP contribution in [0.3, 0.4) is 0 Å². The van der Waals surface area contributed by atoms with Crippen molar-refractivity contribution in [2.45, 2.75) is 23.7 Å². The molecule has 0 spiro atoms. The van der Waals surface area contributed by atoms with E-state index in [1.807, 2.05) is 0 Å². The second kappa shape index (κ2) is 3.66. The lowest BCUT2D eigenvalue weighted by Gasteiger charge is -2.17. The van der Waals surface area contributed by atoms with Crippen molar-refractivity contribution in [1.29, 1.82) is 0 Å². The maximum atomic E-state index is 11.6. The molecule has 0 aliphatic carbocycles. The van der Waals surface area contributed by atoms with Crippen LogP contribution in [0.15, 0.2) is 21.7 Å². The lowest BCUT2D eigenvalue weighted by atomic mass is 10.1. The minimum atomic E-state index is -3.80. The van der Waals surface area contributed by atoms with Gasteiger partial charge in [-0.3, -0.25) is 4.79 Å². The molecule has 1 aliphatic rings. The van der Waals surface area contributed by atoms with Gasteiger partial charge in [0.2, 0.25) is 15.8 Å². The van der Waals surface area contributed by atoms with Gasteiger partial charge in [-0.15, -0.1) is 11.3 Å². The third-order valence-electron chi connectivity index (χ3n) is 2.37. The summed E-state index contributed by atoms with van der Waals surface area (Å²) < 4.78 is 28.1. The number of sulfonamides is 1. The third kappa shape index (κ3) is 2.13. The molecule has 5 nitrogen and oxygen atoms in total. The predicted octanol–water partition coefficient (Wildman–Crippen LogP) is 1.11. The monoisotopic (exact) mass is 273 g/mol. The lowest BCUT2D eigenvalue weighted by molar-refractivity contribution is -0.125. The van der Waals surface area contributed by atoms with E-state index in [2.05, 4.69) is 0 Å². The number of hydrogen-bond acceptors (Lipinski definition) is 5. The smallest absolute Gasteiger partial charge is 0.248 e. The summed E-state index contributed by atoms with van der Waals surface area (Å²) in [5.74, 6) is 0.0596. The second-order valence-electron chi connectivity index (χ2n) is 4.15. The van der Waals surface area contributed by atoms with Crippen molar-refractivity contribution in [3.63, 3.8) is 0 Å². The normalized spacial score (nSPS) is 19.0. The van der Waals surface area contributed by atoms with Gasteiger partial charge in [0.25, 0.3) is 0 Å². The van der Waals surface area contributed by atoms with Crippen LogP contribution in [0.1, 0.15) is 19.4 Å². The Labute approximate surface area is 103 Å². The van der Waals surface area contributed by atoms with Crippen LogP contribution in [0.4, 0.5) is 0 Å². The molecule has 92 valence electrons. The van der Waals surface area contributed by atoms with Crippen LogP contribution in [-0.2, 0) is 19.6 Å². The summed E-state index contributed by atoms with van der Waals surface area (Å²) in [5.41, 5.74) is -0.608. The number of ether oxygens (including phenoxy) is 1. The molecular formula is C10H11NO4S2. The van der Waals surface area contributed by atoms with Gasteiger partial charge >= 0.3 is 0 Å². The highest BCUT2D eigenvalue weighted by atomic mass is 32.2. The fraction of sp³-hybridized carbons (Fsp3) is 0.300. The first-order valence-electron chi connectivity index (χ1n) is 4.77. The van der Waals surface area contributed by atoms with Crippen molar-refractivity contribution >= 4 is 32.9 Å². The first-order chi connectivity index (χ1) is 7.72. The Morgan fingerprint density at radius 1 is 1.41 bits per heavy atom. The van der Waals surface area contributed by atoms with E-state index in [1.165, 1.54) is 6.08 Å². The fourth-order valence-electron chi connectivity index (χ4n) is 1.48. The maximum Gasteiger partial charge on any atom is 0.248 e. The summed E-state index contributed by atoms with van der Waals surface area (Å²) in [4.78, 5) is 11.6. The Morgan fingerprint density at radius 3 is 2.53 bits per heavy atom. The molecule has 0 aromatic carbocycles. The summed E-state index contributed by atoms with van der Waals surface area (Å²) in [7, 11) is -3.80. The highest BCUT2D eigenvalue weighted by molar-refractivity contribution is 7.91. The quantitative estimate of drug-likeness (QED) is 0.874. The molecule has 2 rings (SSSR count). The van der Waals surface area contributed by atoms with Crippen LogP contribution in [0.25, 0.3) is 5.76 Å². The van der Waals surface area contributed by atoms with E-state index in [0.717, 1.165) is 11.3 Å². The summed E-state index contributed by atoms with van der Waals surface area (Å²) in [6.07, 6.45) is 1.30. The number of nitrogens with two attached hydrogens (primary N) is 1.